The van der Waals surface area contributed by atoms with Crippen LogP contribution in [0.4, 0.5) is 0 Å². The molecule has 0 amide bonds. The first kappa shape index (κ1) is 58.4. The molecule has 398 valence electrons. The average Bonchev–Trinajstić information content (AvgIpc) is 3.36. The minimum atomic E-state index is -2.20. The first-order valence-corrected chi connectivity index (χ1v) is 28.9. The van der Waals surface area contributed by atoms with Crippen molar-refractivity contribution in [3.8, 4) is 0 Å². The smallest absolute Gasteiger partial charge is 0.336 e. The monoisotopic (exact) mass is 1080 g/mol. The van der Waals surface area contributed by atoms with E-state index in [1.807, 2.05) is 116 Å². The number of esters is 3. The Bertz CT molecular complexity index is 2290. The molecule has 73 heavy (non-hydrogen) atoms. The molecule has 0 radical (unpaired) electrons. The highest BCUT2D eigenvalue weighted by Gasteiger charge is 2.45. The van der Waals surface area contributed by atoms with Crippen molar-refractivity contribution < 1.29 is 61.4 Å². The zero-order valence-corrected chi connectivity index (χ0v) is 46.2. The maximum Gasteiger partial charge on any atom is 0.336 e. The fraction of sp³-hybridized carbons (Fsp3) is 0.518. The molecule has 0 bridgehead atoms. The molecule has 0 aliphatic carbocycles. The Morgan fingerprint density at radius 2 is 0.849 bits per heavy atom. The number of benzene rings is 3. The minimum absolute atomic E-state index is 0.0410. The van der Waals surface area contributed by atoms with Crippen LogP contribution in [0.5, 0.6) is 0 Å². The lowest BCUT2D eigenvalue weighted by Crippen LogP contribution is -2.50. The molecule has 0 unspecified atom stereocenters. The van der Waals surface area contributed by atoms with Crippen molar-refractivity contribution in [2.45, 2.75) is 138 Å². The van der Waals surface area contributed by atoms with E-state index in [1.165, 1.54) is 0 Å². The zero-order chi connectivity index (χ0) is 52.8. The van der Waals surface area contributed by atoms with Crippen LogP contribution in [0.15, 0.2) is 127 Å². The third kappa shape index (κ3) is 17.9. The van der Waals surface area contributed by atoms with Crippen molar-refractivity contribution in [2.24, 2.45) is 17.8 Å². The highest BCUT2D eigenvalue weighted by atomic mass is 35.6. The Hall–Kier alpha value is -3.90. The minimum Gasteiger partial charge on any atom is -0.459 e. The number of halogens is 3. The summed E-state index contributed by atoms with van der Waals surface area (Å²) in [7, 11) is -2.20. The number of hydrogen-bond donors (Lipinski definition) is 0. The summed E-state index contributed by atoms with van der Waals surface area (Å²) >= 11 is 17.7. The predicted octanol–water partition coefficient (Wildman–Crippen LogP) is 10.6. The maximum atomic E-state index is 14.4. The van der Waals surface area contributed by atoms with Crippen LogP contribution in [0, 0.1) is 17.8 Å². The van der Waals surface area contributed by atoms with Gasteiger partial charge >= 0.3 is 17.9 Å². The molecule has 3 aromatic carbocycles. The quantitative estimate of drug-likeness (QED) is 0.0292. The Morgan fingerprint density at radius 1 is 0.521 bits per heavy atom. The van der Waals surface area contributed by atoms with Gasteiger partial charge in [0.2, 0.25) is 3.79 Å². The van der Waals surface area contributed by atoms with Crippen LogP contribution in [-0.2, 0) is 81.3 Å². The van der Waals surface area contributed by atoms with E-state index in [-0.39, 0.29) is 31.0 Å². The topological polar surface area (TPSA) is 144 Å². The molecule has 6 rings (SSSR count). The standard InChI is InChI=1S/C56H71Cl3O13Si/c1-37(46-27-24-43(33-63-30-40-18-12-9-13-19-40)49(69-46)52(60)66-36-56(57,58)59)67-53(61)50-44(34-64-31-41-20-14-10-15-21-41)25-28-47(70-50)38(2)68-54(62)51-45(35-65-32-42-22-16-11-17-23-42)26-29-48(71-51)39(3)72-73(7,8)55(4,5)6/h9-29,37-39,43-51H,30-36H2,1-8H3/t37-,38-,39-,43-,44-,45-,46+,47+,48+,49-,50-,51-/m0/s1. The first-order valence-electron chi connectivity index (χ1n) is 24.9. The molecular formula is C56H71Cl3O13Si. The molecule has 0 aromatic heterocycles. The van der Waals surface area contributed by atoms with E-state index in [1.54, 1.807) is 32.1 Å². The second-order valence-electron chi connectivity index (χ2n) is 20.3. The summed E-state index contributed by atoms with van der Waals surface area (Å²) in [5.74, 6) is -3.75. The number of alkyl halides is 3. The van der Waals surface area contributed by atoms with E-state index >= 15 is 0 Å². The van der Waals surface area contributed by atoms with Gasteiger partial charge in [-0.25, -0.2) is 14.4 Å². The number of carbonyl (C=O) groups excluding carboxylic acids is 3. The summed E-state index contributed by atoms with van der Waals surface area (Å²) in [5.41, 5.74) is 2.90. The van der Waals surface area contributed by atoms with E-state index in [4.69, 9.17) is 81.9 Å². The second-order valence-corrected chi connectivity index (χ2v) is 27.6. The van der Waals surface area contributed by atoms with E-state index in [0.717, 1.165) is 16.7 Å². The van der Waals surface area contributed by atoms with E-state index in [0.29, 0.717) is 19.8 Å². The molecule has 3 aliphatic rings. The van der Waals surface area contributed by atoms with Gasteiger partial charge in [-0.05, 0) is 55.6 Å². The first-order chi connectivity index (χ1) is 34.7. The van der Waals surface area contributed by atoms with Crippen LogP contribution in [0.3, 0.4) is 0 Å². The molecule has 0 spiro atoms. The molecule has 13 nitrogen and oxygen atoms in total. The maximum absolute atomic E-state index is 14.4. The number of ether oxygens (including phenoxy) is 9. The Labute approximate surface area is 446 Å². The number of hydrogen-bond acceptors (Lipinski definition) is 13. The molecule has 3 heterocycles. The molecule has 0 N–H and O–H groups in total. The summed E-state index contributed by atoms with van der Waals surface area (Å²) in [4.78, 5) is 42.2. The third-order valence-corrected chi connectivity index (χ3v) is 18.2. The third-order valence-electron chi connectivity index (χ3n) is 13.3. The Kier molecular flexibility index (Phi) is 21.8. The van der Waals surface area contributed by atoms with Gasteiger partial charge in [-0.2, -0.15) is 0 Å². The van der Waals surface area contributed by atoms with Crippen LogP contribution >= 0.6 is 34.8 Å². The molecule has 3 aromatic rings. The summed E-state index contributed by atoms with van der Waals surface area (Å²) in [6, 6.07) is 29.0. The lowest BCUT2D eigenvalue weighted by atomic mass is 9.96. The Balaban J connectivity index is 1.15. The lowest BCUT2D eigenvalue weighted by molar-refractivity contribution is -0.192. The number of rotatable bonds is 23. The number of carbonyl (C=O) groups is 3. The van der Waals surface area contributed by atoms with E-state index in [2.05, 4.69) is 33.9 Å². The van der Waals surface area contributed by atoms with E-state index in [9.17, 15) is 14.4 Å². The predicted molar refractivity (Wildman–Crippen MR) is 282 cm³/mol. The Morgan fingerprint density at radius 3 is 1.18 bits per heavy atom. The normalized spacial score (nSPS) is 25.6. The molecule has 0 saturated carbocycles. The van der Waals surface area contributed by atoms with Gasteiger partial charge in [-0.15, -0.1) is 0 Å². The fourth-order valence-corrected chi connectivity index (χ4v) is 9.75. The van der Waals surface area contributed by atoms with Crippen LogP contribution < -0.4 is 0 Å². The summed E-state index contributed by atoms with van der Waals surface area (Å²) < 4.78 is 60.0. The van der Waals surface area contributed by atoms with Crippen molar-refractivity contribution >= 4 is 61.0 Å². The van der Waals surface area contributed by atoms with Crippen molar-refractivity contribution in [3.05, 3.63) is 144 Å². The van der Waals surface area contributed by atoms with Gasteiger partial charge in [0.1, 0.15) is 37.1 Å². The average molecular weight is 1090 g/mol. The van der Waals surface area contributed by atoms with Crippen LogP contribution in [0.1, 0.15) is 58.2 Å². The molecular weight excluding hydrogens is 1020 g/mol. The summed E-state index contributed by atoms with van der Waals surface area (Å²) in [5, 5.41) is -0.0410. The van der Waals surface area contributed by atoms with Gasteiger partial charge < -0.3 is 47.1 Å². The molecule has 3 aliphatic heterocycles. The second kappa shape index (κ2) is 27.2. The highest BCUT2D eigenvalue weighted by molar-refractivity contribution is 6.74. The van der Waals surface area contributed by atoms with Crippen LogP contribution in [0.2, 0.25) is 18.1 Å². The van der Waals surface area contributed by atoms with Crippen LogP contribution in [-0.4, -0.2) is 111 Å². The van der Waals surface area contributed by atoms with Gasteiger partial charge in [-0.1, -0.05) is 183 Å². The zero-order valence-electron chi connectivity index (χ0n) is 42.9. The largest absolute Gasteiger partial charge is 0.459 e. The SMILES string of the molecule is C[C@H](OC(=O)[C@H]1O[C@@H]([C@H](C)OC(=O)[C@H]2O[C@@H]([C@H](C)O[Si](C)(C)C(C)(C)C)C=C[C@H]2COCc2ccccc2)C=C[C@H]1COCc1ccccc1)[C@H]1C=C[C@@H](COCc2ccccc2)[C@@H](C(=O)OCC(Cl)(Cl)Cl)O1. The van der Waals surface area contributed by atoms with Gasteiger partial charge in [0, 0.05) is 17.8 Å². The molecule has 0 fully saturated rings. The van der Waals surface area contributed by atoms with Crippen LogP contribution in [0.25, 0.3) is 0 Å². The molecule has 0 saturated heterocycles. The van der Waals surface area contributed by atoms with Gasteiger partial charge in [-0.3, -0.25) is 0 Å². The van der Waals surface area contributed by atoms with Crippen molar-refractivity contribution in [1.29, 1.82) is 0 Å². The molecule has 12 atom stereocenters. The molecule has 17 heteroatoms. The van der Waals surface area contributed by atoms with Crippen molar-refractivity contribution in [3.63, 3.8) is 0 Å². The van der Waals surface area contributed by atoms with Gasteiger partial charge in [0.25, 0.3) is 0 Å². The van der Waals surface area contributed by atoms with Crippen molar-refractivity contribution in [1.82, 2.24) is 0 Å². The van der Waals surface area contributed by atoms with Gasteiger partial charge in [0.05, 0.1) is 45.7 Å². The fourth-order valence-electron chi connectivity index (χ4n) is 8.17. The van der Waals surface area contributed by atoms with Gasteiger partial charge in [0.15, 0.2) is 26.6 Å². The highest BCUT2D eigenvalue weighted by Crippen LogP contribution is 2.39. The van der Waals surface area contributed by atoms with E-state index < -0.39 is 103 Å². The summed E-state index contributed by atoms with van der Waals surface area (Å²) in [6.45, 7) is 17.0. The van der Waals surface area contributed by atoms with Crippen molar-refractivity contribution in [2.75, 3.05) is 26.4 Å². The lowest BCUT2D eigenvalue weighted by Gasteiger charge is -2.41. The summed E-state index contributed by atoms with van der Waals surface area (Å²) in [6.07, 6.45) is 3.10.